The standard InChI is InChI=1S/C26H27NO/c1-25(2)13-14-26(3,4)22-16-18(9-11-21(22)25)27-17-10-12-24-20(15-17)19-7-5-6-8-23(19)28-24/h5-12,15-16,27H,13-14H2,1-4H3. The lowest BCUT2D eigenvalue weighted by molar-refractivity contribution is 0.332. The summed E-state index contributed by atoms with van der Waals surface area (Å²) >= 11 is 0. The number of fused-ring (bicyclic) bond motifs is 4. The number of hydrogen-bond acceptors (Lipinski definition) is 2. The molecule has 0 fully saturated rings. The Labute approximate surface area is 166 Å². The lowest BCUT2D eigenvalue weighted by atomic mass is 9.63. The molecule has 2 nitrogen and oxygen atoms in total. The average molecular weight is 370 g/mol. The van der Waals surface area contributed by atoms with Crippen molar-refractivity contribution in [1.82, 2.24) is 0 Å². The van der Waals surface area contributed by atoms with Crippen LogP contribution >= 0.6 is 0 Å². The van der Waals surface area contributed by atoms with Gasteiger partial charge in [0.1, 0.15) is 11.2 Å². The molecule has 1 N–H and O–H groups in total. The Morgan fingerprint density at radius 1 is 0.679 bits per heavy atom. The van der Waals surface area contributed by atoms with Crippen LogP contribution in [-0.2, 0) is 10.8 Å². The van der Waals surface area contributed by atoms with E-state index in [0.717, 1.165) is 33.3 Å². The maximum atomic E-state index is 5.95. The molecule has 2 heteroatoms. The molecule has 1 aliphatic carbocycles. The van der Waals surface area contributed by atoms with Gasteiger partial charge in [0.2, 0.25) is 0 Å². The molecule has 0 unspecified atom stereocenters. The van der Waals surface area contributed by atoms with Crippen LogP contribution in [0.2, 0.25) is 0 Å². The first-order valence-electron chi connectivity index (χ1n) is 10.2. The molecule has 0 aliphatic heterocycles. The van der Waals surface area contributed by atoms with E-state index in [0.29, 0.717) is 0 Å². The first kappa shape index (κ1) is 17.4. The smallest absolute Gasteiger partial charge is 0.135 e. The number of nitrogens with one attached hydrogen (secondary N) is 1. The van der Waals surface area contributed by atoms with Gasteiger partial charge in [0.25, 0.3) is 0 Å². The fourth-order valence-corrected chi connectivity index (χ4v) is 4.64. The third kappa shape index (κ3) is 2.71. The minimum Gasteiger partial charge on any atom is -0.456 e. The second kappa shape index (κ2) is 5.88. The van der Waals surface area contributed by atoms with Gasteiger partial charge in [-0.3, -0.25) is 0 Å². The molecule has 5 rings (SSSR count). The van der Waals surface area contributed by atoms with Crippen molar-refractivity contribution in [1.29, 1.82) is 0 Å². The molecule has 0 bridgehead atoms. The lowest BCUT2D eigenvalue weighted by Crippen LogP contribution is -2.33. The minimum absolute atomic E-state index is 0.216. The van der Waals surface area contributed by atoms with Crippen molar-refractivity contribution in [3.63, 3.8) is 0 Å². The SMILES string of the molecule is CC1(C)CCC(C)(C)c2cc(Nc3ccc4oc5ccccc5c4c3)ccc21. The van der Waals surface area contributed by atoms with Crippen LogP contribution in [0.1, 0.15) is 51.7 Å². The van der Waals surface area contributed by atoms with Crippen LogP contribution < -0.4 is 5.32 Å². The Morgan fingerprint density at radius 3 is 2.14 bits per heavy atom. The van der Waals surface area contributed by atoms with Gasteiger partial charge < -0.3 is 9.73 Å². The summed E-state index contributed by atoms with van der Waals surface area (Å²) in [6, 6.07) is 21.5. The molecule has 0 spiro atoms. The van der Waals surface area contributed by atoms with Gasteiger partial charge in [-0.1, -0.05) is 52.0 Å². The molecule has 3 aromatic carbocycles. The fraction of sp³-hybridized carbons (Fsp3) is 0.308. The molecular formula is C26H27NO. The van der Waals surface area contributed by atoms with Crippen LogP contribution in [0, 0.1) is 0 Å². The number of anilines is 2. The van der Waals surface area contributed by atoms with Gasteiger partial charge in [-0.15, -0.1) is 0 Å². The van der Waals surface area contributed by atoms with Crippen LogP contribution in [-0.4, -0.2) is 0 Å². The second-order valence-corrected chi connectivity index (χ2v) is 9.46. The Morgan fingerprint density at radius 2 is 1.32 bits per heavy atom. The molecular weight excluding hydrogens is 342 g/mol. The zero-order valence-corrected chi connectivity index (χ0v) is 17.1. The van der Waals surface area contributed by atoms with E-state index in [2.05, 4.69) is 81.5 Å². The van der Waals surface area contributed by atoms with Crippen LogP contribution in [0.5, 0.6) is 0 Å². The van der Waals surface area contributed by atoms with Crippen LogP contribution in [0.25, 0.3) is 21.9 Å². The maximum absolute atomic E-state index is 5.95. The van der Waals surface area contributed by atoms with Crippen molar-refractivity contribution in [2.75, 3.05) is 5.32 Å². The highest BCUT2D eigenvalue weighted by Gasteiger charge is 2.36. The van der Waals surface area contributed by atoms with Crippen molar-refractivity contribution in [2.24, 2.45) is 0 Å². The van der Waals surface area contributed by atoms with E-state index in [4.69, 9.17) is 4.42 Å². The van der Waals surface area contributed by atoms with E-state index in [-0.39, 0.29) is 10.8 Å². The summed E-state index contributed by atoms with van der Waals surface area (Å²) in [5.74, 6) is 0. The van der Waals surface area contributed by atoms with Gasteiger partial charge >= 0.3 is 0 Å². The highest BCUT2D eigenvalue weighted by molar-refractivity contribution is 6.06. The fourth-order valence-electron chi connectivity index (χ4n) is 4.64. The Balaban J connectivity index is 1.55. The second-order valence-electron chi connectivity index (χ2n) is 9.46. The maximum Gasteiger partial charge on any atom is 0.135 e. The summed E-state index contributed by atoms with van der Waals surface area (Å²) in [7, 11) is 0. The highest BCUT2D eigenvalue weighted by atomic mass is 16.3. The molecule has 1 heterocycles. The molecule has 0 saturated heterocycles. The predicted molar refractivity (Wildman–Crippen MR) is 119 cm³/mol. The number of hydrogen-bond donors (Lipinski definition) is 1. The largest absolute Gasteiger partial charge is 0.456 e. The van der Waals surface area contributed by atoms with Gasteiger partial charge in [-0.25, -0.2) is 0 Å². The van der Waals surface area contributed by atoms with Gasteiger partial charge in [0.15, 0.2) is 0 Å². The number of furan rings is 1. The summed E-state index contributed by atoms with van der Waals surface area (Å²) in [4.78, 5) is 0. The van der Waals surface area contributed by atoms with Crippen LogP contribution in [0.15, 0.2) is 65.1 Å². The van der Waals surface area contributed by atoms with Crippen LogP contribution in [0.4, 0.5) is 11.4 Å². The van der Waals surface area contributed by atoms with Crippen molar-refractivity contribution in [2.45, 2.75) is 51.4 Å². The van der Waals surface area contributed by atoms with Crippen molar-refractivity contribution >= 4 is 33.3 Å². The van der Waals surface area contributed by atoms with Gasteiger partial charge in [0.05, 0.1) is 0 Å². The van der Waals surface area contributed by atoms with E-state index < -0.39 is 0 Å². The quantitative estimate of drug-likeness (QED) is 0.392. The van der Waals surface area contributed by atoms with Crippen molar-refractivity contribution < 1.29 is 4.42 Å². The monoisotopic (exact) mass is 369 g/mol. The third-order valence-corrected chi connectivity index (χ3v) is 6.52. The molecule has 28 heavy (non-hydrogen) atoms. The molecule has 0 amide bonds. The topological polar surface area (TPSA) is 25.2 Å². The minimum atomic E-state index is 0.216. The normalized spacial score (nSPS) is 17.6. The van der Waals surface area contributed by atoms with E-state index in [1.165, 1.54) is 24.0 Å². The summed E-state index contributed by atoms with van der Waals surface area (Å²) < 4.78 is 5.95. The molecule has 0 atom stereocenters. The molecule has 142 valence electrons. The van der Waals surface area contributed by atoms with E-state index in [1.54, 1.807) is 0 Å². The summed E-state index contributed by atoms with van der Waals surface area (Å²) in [6.07, 6.45) is 2.47. The van der Waals surface area contributed by atoms with Crippen molar-refractivity contribution in [3.8, 4) is 0 Å². The molecule has 0 saturated carbocycles. The van der Waals surface area contributed by atoms with Crippen molar-refractivity contribution in [3.05, 3.63) is 71.8 Å². The number of benzene rings is 3. The van der Waals surface area contributed by atoms with Crippen LogP contribution in [0.3, 0.4) is 0 Å². The van der Waals surface area contributed by atoms with Gasteiger partial charge in [0, 0.05) is 22.1 Å². The van der Waals surface area contributed by atoms with Gasteiger partial charge in [-0.2, -0.15) is 0 Å². The summed E-state index contributed by atoms with van der Waals surface area (Å²) in [5.41, 5.74) is 7.54. The van der Waals surface area contributed by atoms with E-state index in [9.17, 15) is 0 Å². The van der Waals surface area contributed by atoms with E-state index >= 15 is 0 Å². The Bertz CT molecular complexity index is 1200. The highest BCUT2D eigenvalue weighted by Crippen LogP contribution is 2.46. The zero-order chi connectivity index (χ0) is 19.5. The zero-order valence-electron chi connectivity index (χ0n) is 17.1. The molecule has 1 aromatic heterocycles. The summed E-state index contributed by atoms with van der Waals surface area (Å²) in [6.45, 7) is 9.47. The Kier molecular flexibility index (Phi) is 3.64. The average Bonchev–Trinajstić information content (AvgIpc) is 3.04. The van der Waals surface area contributed by atoms with E-state index in [1.807, 2.05) is 12.1 Å². The number of para-hydroxylation sites is 1. The molecule has 4 aromatic rings. The Hall–Kier alpha value is -2.74. The first-order valence-corrected chi connectivity index (χ1v) is 10.2. The predicted octanol–water partition coefficient (Wildman–Crippen LogP) is 7.68. The van der Waals surface area contributed by atoms with Gasteiger partial charge in [-0.05, 0) is 71.2 Å². The first-order chi connectivity index (χ1) is 13.3. The molecule has 1 aliphatic rings. The molecule has 0 radical (unpaired) electrons. The summed E-state index contributed by atoms with van der Waals surface area (Å²) in [5, 5.41) is 5.94. The third-order valence-electron chi connectivity index (χ3n) is 6.52. The number of rotatable bonds is 2. The lowest BCUT2D eigenvalue weighted by Gasteiger charge is -2.42.